The predicted octanol–water partition coefficient (Wildman–Crippen LogP) is 4.09. The van der Waals surface area contributed by atoms with Crippen molar-refractivity contribution in [1.82, 2.24) is 29.6 Å². The Morgan fingerprint density at radius 1 is 0.882 bits per heavy atom. The molecule has 34 heavy (non-hydrogen) atoms. The average Bonchev–Trinajstić information content (AvgIpc) is 3.29. The topological polar surface area (TPSA) is 76.8 Å². The molecule has 3 heterocycles. The van der Waals surface area contributed by atoms with E-state index in [2.05, 4.69) is 20.1 Å². The minimum Gasteiger partial charge on any atom is -0.341 e. The van der Waals surface area contributed by atoms with Gasteiger partial charge in [0.15, 0.2) is 11.6 Å². The number of likely N-dealkylation sites (tertiary alicyclic amines) is 1. The van der Waals surface area contributed by atoms with Gasteiger partial charge < -0.3 is 4.90 Å². The van der Waals surface area contributed by atoms with Crippen molar-refractivity contribution in [2.75, 3.05) is 13.1 Å². The van der Waals surface area contributed by atoms with E-state index in [0.717, 1.165) is 18.7 Å². The first-order valence-corrected chi connectivity index (χ1v) is 11.1. The largest absolute Gasteiger partial charge is 0.341 e. The summed E-state index contributed by atoms with van der Waals surface area (Å²) in [5.41, 5.74) is 1.26. The van der Waals surface area contributed by atoms with Crippen molar-refractivity contribution >= 4 is 5.91 Å². The number of benzene rings is 2. The molecule has 0 aliphatic carbocycles. The summed E-state index contributed by atoms with van der Waals surface area (Å²) in [6, 6.07) is 13.5. The summed E-state index contributed by atoms with van der Waals surface area (Å²) in [6.07, 6.45) is 5.05. The van der Waals surface area contributed by atoms with Crippen LogP contribution in [0.15, 0.2) is 67.0 Å². The van der Waals surface area contributed by atoms with Gasteiger partial charge in [-0.3, -0.25) is 4.79 Å². The molecule has 0 radical (unpaired) electrons. The molecule has 2 aromatic carbocycles. The van der Waals surface area contributed by atoms with Crippen molar-refractivity contribution in [2.45, 2.75) is 25.3 Å². The molecule has 0 unspecified atom stereocenters. The lowest BCUT2D eigenvalue weighted by atomic mass is 9.96. The van der Waals surface area contributed by atoms with Gasteiger partial charge in [0.1, 0.15) is 24.0 Å². The van der Waals surface area contributed by atoms with Gasteiger partial charge in [-0.25, -0.2) is 28.4 Å². The molecule has 1 aliphatic rings. The first-order chi connectivity index (χ1) is 16.6. The number of rotatable bonds is 5. The summed E-state index contributed by atoms with van der Waals surface area (Å²) in [4.78, 5) is 28.2. The Labute approximate surface area is 195 Å². The van der Waals surface area contributed by atoms with Crippen LogP contribution < -0.4 is 0 Å². The molecule has 4 aromatic rings. The zero-order chi connectivity index (χ0) is 23.5. The van der Waals surface area contributed by atoms with Crippen molar-refractivity contribution in [3.05, 3.63) is 84.4 Å². The number of nitrogens with zero attached hydrogens (tertiary/aromatic N) is 6. The molecular formula is C25H22F2N6O. The van der Waals surface area contributed by atoms with Crippen molar-refractivity contribution < 1.29 is 13.6 Å². The molecule has 0 bridgehead atoms. The summed E-state index contributed by atoms with van der Waals surface area (Å²) in [6.45, 7) is 1.20. The summed E-state index contributed by atoms with van der Waals surface area (Å²) < 4.78 is 28.4. The highest BCUT2D eigenvalue weighted by Gasteiger charge is 2.26. The van der Waals surface area contributed by atoms with Gasteiger partial charge in [0.25, 0.3) is 0 Å². The minimum atomic E-state index is -0.366. The molecule has 1 aliphatic heterocycles. The molecule has 5 rings (SSSR count). The summed E-state index contributed by atoms with van der Waals surface area (Å²) in [5.74, 6) is 1.06. The molecule has 2 aromatic heterocycles. The van der Waals surface area contributed by atoms with Crippen LogP contribution in [0.1, 0.15) is 24.6 Å². The van der Waals surface area contributed by atoms with Gasteiger partial charge in [-0.2, -0.15) is 0 Å². The monoisotopic (exact) mass is 460 g/mol. The van der Waals surface area contributed by atoms with E-state index < -0.39 is 0 Å². The number of hydrogen-bond donors (Lipinski definition) is 0. The SMILES string of the molecule is O=C(Cn1nc(-c2ccc(F)cc2)nc1-c1ccc(F)cc1)N1CCC(c2ncccn2)CC1. The third kappa shape index (κ3) is 4.68. The summed E-state index contributed by atoms with van der Waals surface area (Å²) in [7, 11) is 0. The standard InChI is InChI=1S/C25H22F2N6O/c26-20-6-2-17(3-7-20)24-30-25(19-4-8-21(27)9-5-19)33(31-24)16-22(34)32-14-10-18(11-15-32)23-28-12-1-13-29-23/h1-9,12-13,18H,10-11,14-16H2. The van der Waals surface area contributed by atoms with Crippen LogP contribution in [0.3, 0.4) is 0 Å². The Hall–Kier alpha value is -4.01. The zero-order valence-electron chi connectivity index (χ0n) is 18.3. The number of hydrogen-bond acceptors (Lipinski definition) is 5. The Bertz CT molecular complexity index is 1270. The Morgan fingerprint density at radius 2 is 1.47 bits per heavy atom. The quantitative estimate of drug-likeness (QED) is 0.449. The van der Waals surface area contributed by atoms with Crippen LogP contribution in [0.25, 0.3) is 22.8 Å². The highest BCUT2D eigenvalue weighted by Crippen LogP contribution is 2.26. The van der Waals surface area contributed by atoms with E-state index in [-0.39, 0.29) is 30.0 Å². The minimum absolute atomic E-state index is 0.00654. The molecule has 1 saturated heterocycles. The fraction of sp³-hybridized carbons (Fsp3) is 0.240. The van der Waals surface area contributed by atoms with Crippen LogP contribution in [0, 0.1) is 11.6 Å². The third-order valence-corrected chi connectivity index (χ3v) is 5.96. The van der Waals surface area contributed by atoms with Gasteiger partial charge in [0, 0.05) is 42.5 Å². The van der Waals surface area contributed by atoms with E-state index in [1.54, 1.807) is 42.7 Å². The fourth-order valence-corrected chi connectivity index (χ4v) is 4.12. The van der Waals surface area contributed by atoms with Crippen LogP contribution in [0.2, 0.25) is 0 Å². The van der Waals surface area contributed by atoms with Crippen LogP contribution >= 0.6 is 0 Å². The molecule has 1 amide bonds. The zero-order valence-corrected chi connectivity index (χ0v) is 18.3. The maximum absolute atomic E-state index is 13.5. The summed E-state index contributed by atoms with van der Waals surface area (Å²) in [5, 5.41) is 4.53. The first-order valence-electron chi connectivity index (χ1n) is 11.1. The fourth-order valence-electron chi connectivity index (χ4n) is 4.12. The highest BCUT2D eigenvalue weighted by atomic mass is 19.1. The number of carbonyl (C=O) groups excluding carboxylic acids is 1. The molecule has 0 N–H and O–H groups in total. The van der Waals surface area contributed by atoms with Crippen LogP contribution in [0.4, 0.5) is 8.78 Å². The molecule has 0 atom stereocenters. The third-order valence-electron chi connectivity index (χ3n) is 5.96. The average molecular weight is 460 g/mol. The maximum Gasteiger partial charge on any atom is 0.244 e. The lowest BCUT2D eigenvalue weighted by molar-refractivity contribution is -0.133. The molecule has 1 fully saturated rings. The summed E-state index contributed by atoms with van der Waals surface area (Å²) >= 11 is 0. The molecule has 7 nitrogen and oxygen atoms in total. The van der Waals surface area contributed by atoms with Crippen molar-refractivity contribution in [3.8, 4) is 22.8 Å². The van der Waals surface area contributed by atoms with Gasteiger partial charge in [-0.05, 0) is 67.4 Å². The Morgan fingerprint density at radius 3 is 2.09 bits per heavy atom. The number of amides is 1. The molecule has 9 heteroatoms. The second-order valence-corrected chi connectivity index (χ2v) is 8.19. The Kier molecular flexibility index (Phi) is 6.07. The Balaban J connectivity index is 1.36. The highest BCUT2D eigenvalue weighted by molar-refractivity contribution is 5.77. The normalized spacial score (nSPS) is 14.4. The van der Waals surface area contributed by atoms with E-state index in [9.17, 15) is 13.6 Å². The van der Waals surface area contributed by atoms with Gasteiger partial charge in [-0.1, -0.05) is 0 Å². The number of halogens is 2. The van der Waals surface area contributed by atoms with E-state index in [4.69, 9.17) is 0 Å². The molecule has 0 saturated carbocycles. The van der Waals surface area contributed by atoms with Crippen molar-refractivity contribution in [1.29, 1.82) is 0 Å². The van der Waals surface area contributed by atoms with E-state index >= 15 is 0 Å². The van der Waals surface area contributed by atoms with Gasteiger partial charge in [0.2, 0.25) is 5.91 Å². The van der Waals surface area contributed by atoms with E-state index in [1.165, 1.54) is 28.9 Å². The smallest absolute Gasteiger partial charge is 0.244 e. The second kappa shape index (κ2) is 9.46. The van der Waals surface area contributed by atoms with Crippen molar-refractivity contribution in [2.24, 2.45) is 0 Å². The van der Waals surface area contributed by atoms with Crippen LogP contribution in [-0.2, 0) is 11.3 Å². The van der Waals surface area contributed by atoms with Gasteiger partial charge >= 0.3 is 0 Å². The lowest BCUT2D eigenvalue weighted by Crippen LogP contribution is -2.40. The molecular weight excluding hydrogens is 438 g/mol. The predicted molar refractivity (Wildman–Crippen MR) is 121 cm³/mol. The second-order valence-electron chi connectivity index (χ2n) is 8.19. The lowest BCUT2D eigenvalue weighted by Gasteiger charge is -2.31. The molecule has 0 spiro atoms. The van der Waals surface area contributed by atoms with E-state index in [0.29, 0.717) is 35.9 Å². The number of piperidine rings is 1. The molecule has 172 valence electrons. The van der Waals surface area contributed by atoms with Crippen molar-refractivity contribution in [3.63, 3.8) is 0 Å². The number of aromatic nitrogens is 5. The van der Waals surface area contributed by atoms with Crippen LogP contribution in [-0.4, -0.2) is 48.6 Å². The maximum atomic E-state index is 13.5. The van der Waals surface area contributed by atoms with Gasteiger partial charge in [0.05, 0.1) is 0 Å². The van der Waals surface area contributed by atoms with Crippen LogP contribution in [0.5, 0.6) is 0 Å². The van der Waals surface area contributed by atoms with E-state index in [1.807, 2.05) is 4.90 Å². The number of carbonyl (C=O) groups is 1. The van der Waals surface area contributed by atoms with Gasteiger partial charge in [-0.15, -0.1) is 5.10 Å². The first kappa shape index (κ1) is 21.8.